The van der Waals surface area contributed by atoms with Crippen LogP contribution in [0, 0.1) is 5.41 Å². The molecule has 0 aromatic carbocycles. The van der Waals surface area contributed by atoms with Gasteiger partial charge in [0.25, 0.3) is 7.48 Å². The van der Waals surface area contributed by atoms with E-state index in [1.807, 2.05) is 6.08 Å². The highest BCUT2D eigenvalue weighted by atomic mass is 16.2. The van der Waals surface area contributed by atoms with Crippen LogP contribution in [0.1, 0.15) is 12.8 Å². The van der Waals surface area contributed by atoms with Gasteiger partial charge in [-0.25, -0.2) is 0 Å². The number of hydrogen-bond acceptors (Lipinski definition) is 2. The molecule has 1 radical (unpaired) electrons. The maximum absolute atomic E-state index is 8.53. The quantitative estimate of drug-likeness (QED) is 0.495. The molecule has 1 aliphatic rings. The van der Waals surface area contributed by atoms with Gasteiger partial charge < -0.3 is 10.4 Å². The minimum absolute atomic E-state index is 0.180. The van der Waals surface area contributed by atoms with Gasteiger partial charge in [0.15, 0.2) is 0 Å². The molecule has 1 atom stereocenters. The molecular weight excluding hydrogens is 113 g/mol. The predicted molar refractivity (Wildman–Crippen MR) is 37.8 cm³/mol. The van der Waals surface area contributed by atoms with Crippen LogP contribution in [0.2, 0.25) is 5.82 Å². The van der Waals surface area contributed by atoms with Gasteiger partial charge in [0.1, 0.15) is 0 Å². The molecule has 47 valence electrons. The third-order valence-electron chi connectivity index (χ3n) is 1.48. The van der Waals surface area contributed by atoms with Crippen molar-refractivity contribution in [1.82, 2.24) is 0 Å². The summed E-state index contributed by atoms with van der Waals surface area (Å²) in [7, 11) is 1.18. The normalized spacial score (nSPS) is 26.3. The fraction of sp³-hybridized carbons (Fsp3) is 0.500. The van der Waals surface area contributed by atoms with Crippen LogP contribution in [0.5, 0.6) is 0 Å². The molecule has 2 N–H and O–H groups in total. The van der Waals surface area contributed by atoms with E-state index in [0.717, 1.165) is 12.8 Å². The van der Waals surface area contributed by atoms with E-state index in [-0.39, 0.29) is 5.82 Å². The Hall–Kier alpha value is -0.565. The van der Waals surface area contributed by atoms with Crippen molar-refractivity contribution in [3.8, 4) is 0 Å². The van der Waals surface area contributed by atoms with Crippen molar-refractivity contribution < 1.29 is 5.02 Å². The van der Waals surface area contributed by atoms with Gasteiger partial charge in [-0.1, -0.05) is 6.08 Å². The van der Waals surface area contributed by atoms with Gasteiger partial charge in [0, 0.05) is 5.71 Å². The summed E-state index contributed by atoms with van der Waals surface area (Å²) >= 11 is 0. The van der Waals surface area contributed by atoms with Crippen LogP contribution in [-0.2, 0) is 0 Å². The summed E-state index contributed by atoms with van der Waals surface area (Å²) in [4.78, 5) is 0. The molecule has 0 fully saturated rings. The molecule has 0 amide bonds. The van der Waals surface area contributed by atoms with Gasteiger partial charge in [0.2, 0.25) is 0 Å². The molecule has 9 heavy (non-hydrogen) atoms. The highest BCUT2D eigenvalue weighted by Crippen LogP contribution is 2.18. The summed E-state index contributed by atoms with van der Waals surface area (Å²) in [5.41, 5.74) is 0.660. The summed E-state index contributed by atoms with van der Waals surface area (Å²) < 4.78 is 0. The van der Waals surface area contributed by atoms with E-state index >= 15 is 0 Å². The van der Waals surface area contributed by atoms with Gasteiger partial charge in [0.05, 0.1) is 0 Å². The lowest BCUT2D eigenvalue weighted by Gasteiger charge is -2.11. The second kappa shape index (κ2) is 2.83. The SMILES string of the molecule is N=C1C=CC([B]O)CC1. The van der Waals surface area contributed by atoms with Gasteiger partial charge in [-0.15, -0.1) is 0 Å². The van der Waals surface area contributed by atoms with Crippen LogP contribution in [-0.4, -0.2) is 18.2 Å². The van der Waals surface area contributed by atoms with Gasteiger partial charge >= 0.3 is 0 Å². The Balaban J connectivity index is 2.48. The van der Waals surface area contributed by atoms with E-state index in [0.29, 0.717) is 5.71 Å². The molecule has 0 saturated carbocycles. The minimum atomic E-state index is 0.180. The Morgan fingerprint density at radius 3 is 3.00 bits per heavy atom. The molecule has 1 unspecified atom stereocenters. The Morgan fingerprint density at radius 1 is 1.78 bits per heavy atom. The maximum atomic E-state index is 8.53. The number of hydrogen-bond donors (Lipinski definition) is 2. The van der Waals surface area contributed by atoms with Crippen molar-refractivity contribution >= 4 is 13.2 Å². The monoisotopic (exact) mass is 122 g/mol. The van der Waals surface area contributed by atoms with Gasteiger partial charge in [-0.05, 0) is 24.7 Å². The lowest BCUT2D eigenvalue weighted by atomic mass is 9.74. The number of rotatable bonds is 1. The summed E-state index contributed by atoms with van der Waals surface area (Å²) in [6.45, 7) is 0. The lowest BCUT2D eigenvalue weighted by Crippen LogP contribution is -2.07. The van der Waals surface area contributed by atoms with Crippen LogP contribution >= 0.6 is 0 Å². The van der Waals surface area contributed by atoms with Gasteiger partial charge in [-0.2, -0.15) is 0 Å². The largest absolute Gasteiger partial charge is 0.454 e. The zero-order valence-electron chi connectivity index (χ0n) is 5.17. The fourth-order valence-electron chi connectivity index (χ4n) is 0.866. The highest BCUT2D eigenvalue weighted by molar-refractivity contribution is 6.29. The Kier molecular flexibility index (Phi) is 2.06. The molecule has 2 nitrogen and oxygen atoms in total. The molecule has 1 aliphatic carbocycles. The predicted octanol–water partition coefficient (Wildman–Crippen LogP) is 0.756. The Bertz CT molecular complexity index is 144. The van der Waals surface area contributed by atoms with Crippen molar-refractivity contribution in [2.24, 2.45) is 0 Å². The molecule has 1 rings (SSSR count). The molecule has 0 bridgehead atoms. The smallest absolute Gasteiger partial charge is 0.294 e. The molecule has 3 heteroatoms. The van der Waals surface area contributed by atoms with Crippen LogP contribution in [0.4, 0.5) is 0 Å². The minimum Gasteiger partial charge on any atom is -0.454 e. The van der Waals surface area contributed by atoms with E-state index in [1.54, 1.807) is 6.08 Å². The third-order valence-corrected chi connectivity index (χ3v) is 1.48. The summed E-state index contributed by atoms with van der Waals surface area (Å²) in [6, 6.07) is 0. The molecule has 0 saturated heterocycles. The average Bonchev–Trinajstić information content (AvgIpc) is 1.90. The van der Waals surface area contributed by atoms with E-state index in [4.69, 9.17) is 10.4 Å². The first-order valence-electron chi connectivity index (χ1n) is 3.06. The first-order valence-corrected chi connectivity index (χ1v) is 3.06. The zero-order chi connectivity index (χ0) is 6.69. The van der Waals surface area contributed by atoms with Crippen molar-refractivity contribution in [2.75, 3.05) is 0 Å². The molecule has 0 heterocycles. The van der Waals surface area contributed by atoms with Gasteiger partial charge in [-0.3, -0.25) is 0 Å². The first-order chi connectivity index (χ1) is 4.33. The highest BCUT2D eigenvalue weighted by Gasteiger charge is 2.10. The van der Waals surface area contributed by atoms with Crippen molar-refractivity contribution in [3.63, 3.8) is 0 Å². The molecule has 0 aliphatic heterocycles. The van der Waals surface area contributed by atoms with Crippen LogP contribution in [0.15, 0.2) is 12.2 Å². The molecule has 0 aromatic rings. The molecule has 0 spiro atoms. The summed E-state index contributed by atoms with van der Waals surface area (Å²) in [5.74, 6) is 0.180. The Morgan fingerprint density at radius 2 is 2.56 bits per heavy atom. The lowest BCUT2D eigenvalue weighted by molar-refractivity contribution is 0.582. The van der Waals surface area contributed by atoms with Crippen LogP contribution in [0.3, 0.4) is 0 Å². The third kappa shape index (κ3) is 1.68. The summed E-state index contributed by atoms with van der Waals surface area (Å²) in [6.07, 6.45) is 5.27. The van der Waals surface area contributed by atoms with Crippen molar-refractivity contribution in [3.05, 3.63) is 12.2 Å². The van der Waals surface area contributed by atoms with Crippen LogP contribution < -0.4 is 0 Å². The topological polar surface area (TPSA) is 44.1 Å². The first kappa shape index (κ1) is 6.55. The maximum Gasteiger partial charge on any atom is 0.294 e. The standard InChI is InChI=1S/C6H9BNO/c8-6-3-1-5(7-9)2-4-6/h1,3,5,8-9H,2,4H2. The second-order valence-electron chi connectivity index (χ2n) is 2.24. The number of nitrogens with one attached hydrogen (secondary N) is 1. The molecular formula is C6H9BNO. The fourth-order valence-corrected chi connectivity index (χ4v) is 0.866. The number of allylic oxidation sites excluding steroid dienone is 2. The van der Waals surface area contributed by atoms with E-state index < -0.39 is 0 Å². The average molecular weight is 122 g/mol. The summed E-state index contributed by atoms with van der Waals surface area (Å²) in [5, 5.41) is 15.7. The van der Waals surface area contributed by atoms with Crippen LogP contribution in [0.25, 0.3) is 0 Å². The second-order valence-corrected chi connectivity index (χ2v) is 2.24. The van der Waals surface area contributed by atoms with E-state index in [1.165, 1.54) is 7.48 Å². The van der Waals surface area contributed by atoms with Crippen molar-refractivity contribution in [1.29, 1.82) is 5.41 Å². The molecule has 0 aromatic heterocycles. The van der Waals surface area contributed by atoms with E-state index in [2.05, 4.69) is 0 Å². The zero-order valence-corrected chi connectivity index (χ0v) is 5.17. The van der Waals surface area contributed by atoms with Crippen molar-refractivity contribution in [2.45, 2.75) is 18.7 Å². The van der Waals surface area contributed by atoms with E-state index in [9.17, 15) is 0 Å². The Labute approximate surface area is 55.4 Å².